The Kier molecular flexibility index (Phi) is 2.59. The molecule has 1 aromatic heterocycles. The third kappa shape index (κ3) is 1.82. The fourth-order valence-electron chi connectivity index (χ4n) is 3.88. The number of aromatic nitrogens is 2. The van der Waals surface area contributed by atoms with Crippen LogP contribution in [0.25, 0.3) is 11.5 Å². The minimum absolute atomic E-state index is 0.193. The third-order valence-corrected chi connectivity index (χ3v) is 4.89. The van der Waals surface area contributed by atoms with Crippen molar-refractivity contribution >= 4 is 0 Å². The molecule has 1 heterocycles. The average molecular weight is 270 g/mol. The number of hydrogen-bond acceptors (Lipinski definition) is 4. The second-order valence-electron chi connectivity index (χ2n) is 6.26. The predicted molar refractivity (Wildman–Crippen MR) is 74.3 cm³/mol. The molecule has 4 rings (SSSR count). The molecule has 104 valence electrons. The van der Waals surface area contributed by atoms with Gasteiger partial charge in [-0.15, -0.1) is 0 Å². The Bertz CT molecular complexity index is 650. The molecule has 0 aliphatic heterocycles. The number of rotatable bonds is 2. The van der Waals surface area contributed by atoms with Crippen molar-refractivity contribution in [2.45, 2.75) is 38.5 Å². The smallest absolute Gasteiger partial charge is 0.261 e. The van der Waals surface area contributed by atoms with E-state index in [1.165, 1.54) is 25.7 Å². The molecule has 3 unspecified atom stereocenters. The summed E-state index contributed by atoms with van der Waals surface area (Å²) >= 11 is 0. The van der Waals surface area contributed by atoms with Gasteiger partial charge in [0.05, 0.1) is 5.56 Å². The Balaban J connectivity index is 1.66. The number of fused-ring (bicyclic) bond motifs is 2. The highest BCUT2D eigenvalue weighted by Gasteiger charge is 2.42. The zero-order chi connectivity index (χ0) is 13.7. The molecule has 2 aromatic rings. The molecule has 2 bridgehead atoms. The van der Waals surface area contributed by atoms with Gasteiger partial charge in [0.15, 0.2) is 5.82 Å². The van der Waals surface area contributed by atoms with E-state index < -0.39 is 0 Å². The molecule has 0 radical (unpaired) electrons. The number of aromatic hydroxyl groups is 1. The van der Waals surface area contributed by atoms with Crippen molar-refractivity contribution in [1.29, 1.82) is 0 Å². The minimum atomic E-state index is 0.193. The van der Waals surface area contributed by atoms with Gasteiger partial charge in [0.25, 0.3) is 5.89 Å². The lowest BCUT2D eigenvalue weighted by molar-refractivity contribution is 0.371. The molecule has 0 spiro atoms. The number of phenolic OH excluding ortho intramolecular Hbond substituents is 1. The maximum atomic E-state index is 9.94. The SMILES string of the molecule is Cc1ccc(O)c(-c2nc(C3CC4CCC3C4)no2)c1. The first-order chi connectivity index (χ1) is 9.70. The summed E-state index contributed by atoms with van der Waals surface area (Å²) in [5.41, 5.74) is 1.70. The summed E-state index contributed by atoms with van der Waals surface area (Å²) in [6.45, 7) is 1.98. The Labute approximate surface area is 117 Å². The highest BCUT2D eigenvalue weighted by atomic mass is 16.5. The molecule has 0 saturated heterocycles. The maximum Gasteiger partial charge on any atom is 0.261 e. The first kappa shape index (κ1) is 11.9. The van der Waals surface area contributed by atoms with E-state index in [2.05, 4.69) is 10.1 Å². The summed E-state index contributed by atoms with van der Waals surface area (Å²) in [6, 6.07) is 5.42. The van der Waals surface area contributed by atoms with Gasteiger partial charge in [0.2, 0.25) is 0 Å². The molecule has 4 heteroatoms. The predicted octanol–water partition coefficient (Wildman–Crippen LogP) is 3.65. The van der Waals surface area contributed by atoms with E-state index >= 15 is 0 Å². The first-order valence-electron chi connectivity index (χ1n) is 7.34. The van der Waals surface area contributed by atoms with Gasteiger partial charge in [0, 0.05) is 5.92 Å². The van der Waals surface area contributed by atoms with E-state index in [0.29, 0.717) is 17.4 Å². The molecule has 1 N–H and O–H groups in total. The molecule has 2 saturated carbocycles. The first-order valence-corrected chi connectivity index (χ1v) is 7.34. The second-order valence-corrected chi connectivity index (χ2v) is 6.26. The fourth-order valence-corrected chi connectivity index (χ4v) is 3.88. The van der Waals surface area contributed by atoms with Crippen molar-refractivity contribution < 1.29 is 9.63 Å². The van der Waals surface area contributed by atoms with E-state index in [9.17, 15) is 5.11 Å². The minimum Gasteiger partial charge on any atom is -0.507 e. The summed E-state index contributed by atoms with van der Waals surface area (Å²) in [7, 11) is 0. The lowest BCUT2D eigenvalue weighted by Gasteiger charge is -2.17. The van der Waals surface area contributed by atoms with Crippen molar-refractivity contribution in [2.75, 3.05) is 0 Å². The topological polar surface area (TPSA) is 59.2 Å². The van der Waals surface area contributed by atoms with E-state index in [1.807, 2.05) is 19.1 Å². The van der Waals surface area contributed by atoms with Gasteiger partial charge in [-0.25, -0.2) is 0 Å². The van der Waals surface area contributed by atoms with Gasteiger partial charge in [-0.2, -0.15) is 4.98 Å². The van der Waals surface area contributed by atoms with Crippen molar-refractivity contribution in [2.24, 2.45) is 11.8 Å². The Morgan fingerprint density at radius 3 is 2.90 bits per heavy atom. The van der Waals surface area contributed by atoms with Gasteiger partial charge in [0.1, 0.15) is 5.75 Å². The van der Waals surface area contributed by atoms with Crippen molar-refractivity contribution in [3.05, 3.63) is 29.6 Å². The average Bonchev–Trinajstić information content (AvgIpc) is 3.15. The summed E-state index contributed by atoms with van der Waals surface area (Å²) in [6.07, 6.45) is 5.19. The fraction of sp³-hybridized carbons (Fsp3) is 0.500. The monoisotopic (exact) mass is 270 g/mol. The van der Waals surface area contributed by atoms with Crippen LogP contribution in [0.4, 0.5) is 0 Å². The van der Waals surface area contributed by atoms with Crippen LogP contribution in [-0.4, -0.2) is 15.2 Å². The van der Waals surface area contributed by atoms with Crippen LogP contribution >= 0.6 is 0 Å². The molecular formula is C16H18N2O2. The standard InChI is InChI=1S/C16H18N2O2/c1-9-2-5-14(19)13(6-9)16-17-15(18-20-16)12-8-10-3-4-11(12)7-10/h2,5-6,10-12,19H,3-4,7-8H2,1H3. The molecule has 3 atom stereocenters. The van der Waals surface area contributed by atoms with Crippen molar-refractivity contribution in [3.63, 3.8) is 0 Å². The van der Waals surface area contributed by atoms with Gasteiger partial charge >= 0.3 is 0 Å². The largest absolute Gasteiger partial charge is 0.507 e. The third-order valence-electron chi connectivity index (χ3n) is 4.89. The zero-order valence-corrected chi connectivity index (χ0v) is 11.5. The molecule has 4 nitrogen and oxygen atoms in total. The molecule has 0 amide bonds. The molecule has 2 aliphatic carbocycles. The normalized spacial score (nSPS) is 28.1. The van der Waals surface area contributed by atoms with Crippen molar-refractivity contribution in [3.8, 4) is 17.2 Å². The van der Waals surface area contributed by atoms with Crippen LogP contribution in [0, 0.1) is 18.8 Å². The second kappa shape index (κ2) is 4.33. The van der Waals surface area contributed by atoms with E-state index in [1.54, 1.807) is 6.07 Å². The van der Waals surface area contributed by atoms with Gasteiger partial charge < -0.3 is 9.63 Å². The van der Waals surface area contributed by atoms with Crippen LogP contribution in [-0.2, 0) is 0 Å². The Hall–Kier alpha value is -1.84. The summed E-state index contributed by atoms with van der Waals surface area (Å²) in [5, 5.41) is 14.1. The quantitative estimate of drug-likeness (QED) is 0.904. The highest BCUT2D eigenvalue weighted by Crippen LogP contribution is 2.52. The van der Waals surface area contributed by atoms with Crippen LogP contribution in [0.2, 0.25) is 0 Å². The van der Waals surface area contributed by atoms with Crippen LogP contribution in [0.3, 0.4) is 0 Å². The molecular weight excluding hydrogens is 252 g/mol. The number of nitrogens with zero attached hydrogens (tertiary/aromatic N) is 2. The zero-order valence-electron chi connectivity index (χ0n) is 11.5. The van der Waals surface area contributed by atoms with Crippen LogP contribution in [0.5, 0.6) is 5.75 Å². The molecule has 20 heavy (non-hydrogen) atoms. The lowest BCUT2D eigenvalue weighted by Crippen LogP contribution is -2.09. The molecule has 1 aromatic carbocycles. The number of aryl methyl sites for hydroxylation is 1. The Morgan fingerprint density at radius 2 is 2.15 bits per heavy atom. The summed E-state index contributed by atoms with van der Waals surface area (Å²) in [4.78, 5) is 4.55. The van der Waals surface area contributed by atoms with Crippen LogP contribution in [0.1, 0.15) is 43.0 Å². The van der Waals surface area contributed by atoms with E-state index in [-0.39, 0.29) is 5.75 Å². The maximum absolute atomic E-state index is 9.94. The van der Waals surface area contributed by atoms with Gasteiger partial charge in [-0.3, -0.25) is 0 Å². The number of phenols is 1. The van der Waals surface area contributed by atoms with Gasteiger partial charge in [-0.05, 0) is 50.2 Å². The lowest BCUT2D eigenvalue weighted by atomic mass is 9.88. The summed E-state index contributed by atoms with van der Waals surface area (Å²) < 4.78 is 5.39. The highest BCUT2D eigenvalue weighted by molar-refractivity contribution is 5.63. The molecule has 2 aliphatic rings. The number of hydrogen-bond donors (Lipinski definition) is 1. The van der Waals surface area contributed by atoms with Gasteiger partial charge in [-0.1, -0.05) is 23.2 Å². The van der Waals surface area contributed by atoms with Crippen LogP contribution < -0.4 is 0 Å². The van der Waals surface area contributed by atoms with Crippen molar-refractivity contribution in [1.82, 2.24) is 10.1 Å². The summed E-state index contributed by atoms with van der Waals surface area (Å²) in [5.74, 6) is 3.50. The van der Waals surface area contributed by atoms with E-state index in [0.717, 1.165) is 23.2 Å². The molecule has 2 fully saturated rings. The van der Waals surface area contributed by atoms with Crippen LogP contribution in [0.15, 0.2) is 22.7 Å². The number of benzene rings is 1. The Morgan fingerprint density at radius 1 is 1.25 bits per heavy atom. The van der Waals surface area contributed by atoms with E-state index in [4.69, 9.17) is 4.52 Å².